The van der Waals surface area contributed by atoms with Crippen molar-refractivity contribution in [2.24, 2.45) is 0 Å². The summed E-state index contributed by atoms with van der Waals surface area (Å²) in [7, 11) is 1.91. The Labute approximate surface area is 152 Å². The highest BCUT2D eigenvalue weighted by Gasteiger charge is 2.14. The maximum absolute atomic E-state index is 12.4. The number of anilines is 2. The Morgan fingerprint density at radius 3 is 2.58 bits per heavy atom. The van der Waals surface area contributed by atoms with Crippen LogP contribution in [0.3, 0.4) is 0 Å². The molecule has 3 aromatic rings. The number of nitrogens with one attached hydrogen (secondary N) is 1. The Hall–Kier alpha value is -3.21. The number of rotatable bonds is 4. The number of carbonyl (C=O) groups is 1. The molecule has 1 heterocycles. The highest BCUT2D eigenvalue weighted by atomic mass is 16.6. The van der Waals surface area contributed by atoms with Crippen molar-refractivity contribution < 1.29 is 14.3 Å². The highest BCUT2D eigenvalue weighted by Crippen LogP contribution is 2.32. The number of ether oxygens (including phenoxy) is 2. The molecule has 0 aromatic heterocycles. The lowest BCUT2D eigenvalue weighted by molar-refractivity contribution is -0.114. The quantitative estimate of drug-likeness (QED) is 0.781. The topological polar surface area (TPSA) is 50.8 Å². The van der Waals surface area contributed by atoms with Gasteiger partial charge in [-0.3, -0.25) is 4.79 Å². The number of hydrogen-bond donors (Lipinski definition) is 1. The van der Waals surface area contributed by atoms with Crippen molar-refractivity contribution in [1.29, 1.82) is 0 Å². The van der Waals surface area contributed by atoms with E-state index in [1.54, 1.807) is 6.07 Å². The van der Waals surface area contributed by atoms with E-state index in [0.717, 1.165) is 11.1 Å². The van der Waals surface area contributed by atoms with Crippen molar-refractivity contribution in [3.8, 4) is 11.5 Å². The average Bonchev–Trinajstić information content (AvgIpc) is 2.67. The monoisotopic (exact) mass is 348 g/mol. The minimum Gasteiger partial charge on any atom is -0.486 e. The molecule has 0 fully saturated rings. The molecule has 1 aliphatic rings. The van der Waals surface area contributed by atoms with Gasteiger partial charge >= 0.3 is 0 Å². The molecule has 0 bridgehead atoms. The van der Waals surface area contributed by atoms with Gasteiger partial charge in [-0.05, 0) is 35.0 Å². The van der Waals surface area contributed by atoms with Crippen molar-refractivity contribution in [2.75, 3.05) is 37.0 Å². The van der Waals surface area contributed by atoms with Crippen LogP contribution in [0.15, 0.2) is 60.7 Å². The SMILES string of the molecule is CN(CC(=O)Nc1ccc2c(c1)OCCO2)c1ccc2ccccc2c1. The van der Waals surface area contributed by atoms with Gasteiger partial charge in [0.25, 0.3) is 0 Å². The lowest BCUT2D eigenvalue weighted by atomic mass is 10.1. The maximum Gasteiger partial charge on any atom is 0.243 e. The largest absolute Gasteiger partial charge is 0.486 e. The summed E-state index contributed by atoms with van der Waals surface area (Å²) in [5, 5.41) is 5.26. The van der Waals surface area contributed by atoms with E-state index >= 15 is 0 Å². The molecule has 0 saturated carbocycles. The Bertz CT molecular complexity index is 955. The predicted octanol–water partition coefficient (Wildman–Crippen LogP) is 3.69. The van der Waals surface area contributed by atoms with Crippen LogP contribution in [-0.2, 0) is 4.79 Å². The summed E-state index contributed by atoms with van der Waals surface area (Å²) >= 11 is 0. The number of fused-ring (bicyclic) bond motifs is 2. The van der Waals surface area contributed by atoms with Gasteiger partial charge in [-0.25, -0.2) is 0 Å². The number of benzene rings is 3. The van der Waals surface area contributed by atoms with Gasteiger partial charge in [0.1, 0.15) is 13.2 Å². The second-order valence-electron chi connectivity index (χ2n) is 6.29. The highest BCUT2D eigenvalue weighted by molar-refractivity contribution is 5.95. The normalized spacial score (nSPS) is 12.7. The lowest BCUT2D eigenvalue weighted by Crippen LogP contribution is -2.30. The van der Waals surface area contributed by atoms with Gasteiger partial charge < -0.3 is 19.7 Å². The second-order valence-corrected chi connectivity index (χ2v) is 6.29. The Morgan fingerprint density at radius 1 is 0.962 bits per heavy atom. The third kappa shape index (κ3) is 3.42. The molecule has 132 valence electrons. The summed E-state index contributed by atoms with van der Waals surface area (Å²) in [6.45, 7) is 1.33. The molecule has 0 radical (unpaired) electrons. The number of amides is 1. The van der Waals surface area contributed by atoms with E-state index < -0.39 is 0 Å². The van der Waals surface area contributed by atoms with Crippen LogP contribution in [-0.4, -0.2) is 32.7 Å². The van der Waals surface area contributed by atoms with E-state index in [1.165, 1.54) is 5.39 Å². The zero-order valence-corrected chi connectivity index (χ0v) is 14.6. The van der Waals surface area contributed by atoms with Crippen LogP contribution in [0, 0.1) is 0 Å². The molecule has 26 heavy (non-hydrogen) atoms. The molecule has 1 N–H and O–H groups in total. The minimum atomic E-state index is -0.0858. The molecular weight excluding hydrogens is 328 g/mol. The van der Waals surface area contributed by atoms with E-state index in [9.17, 15) is 4.79 Å². The van der Waals surface area contributed by atoms with E-state index in [0.29, 0.717) is 30.4 Å². The molecule has 5 heteroatoms. The number of likely N-dealkylation sites (N-methyl/N-ethyl adjacent to an activating group) is 1. The molecule has 1 amide bonds. The van der Waals surface area contributed by atoms with Gasteiger partial charge in [0.15, 0.2) is 11.5 Å². The van der Waals surface area contributed by atoms with Crippen LogP contribution >= 0.6 is 0 Å². The van der Waals surface area contributed by atoms with E-state index in [4.69, 9.17) is 9.47 Å². The number of nitrogens with zero attached hydrogens (tertiary/aromatic N) is 1. The van der Waals surface area contributed by atoms with Crippen LogP contribution in [0.2, 0.25) is 0 Å². The summed E-state index contributed by atoms with van der Waals surface area (Å²) in [5.41, 5.74) is 1.70. The first-order chi connectivity index (χ1) is 12.7. The first kappa shape index (κ1) is 16.3. The fraction of sp³-hybridized carbons (Fsp3) is 0.190. The van der Waals surface area contributed by atoms with Gasteiger partial charge in [0, 0.05) is 24.5 Å². The van der Waals surface area contributed by atoms with Gasteiger partial charge in [0.2, 0.25) is 5.91 Å². The summed E-state index contributed by atoms with van der Waals surface area (Å²) in [4.78, 5) is 14.3. The molecule has 0 atom stereocenters. The summed E-state index contributed by atoms with van der Waals surface area (Å²) in [6, 6.07) is 19.8. The second kappa shape index (κ2) is 6.96. The molecule has 0 saturated heterocycles. The third-order valence-electron chi connectivity index (χ3n) is 4.38. The molecule has 4 rings (SSSR count). The van der Waals surface area contributed by atoms with Crippen LogP contribution in [0.1, 0.15) is 0 Å². The van der Waals surface area contributed by atoms with E-state index in [-0.39, 0.29) is 12.5 Å². The standard InChI is InChI=1S/C21H20N2O3/c1-23(18-8-6-15-4-2-3-5-16(15)12-18)14-21(24)22-17-7-9-19-20(13-17)26-11-10-25-19/h2-9,12-13H,10-11,14H2,1H3,(H,22,24). The molecule has 0 spiro atoms. The van der Waals surface area contributed by atoms with Gasteiger partial charge in [-0.1, -0.05) is 30.3 Å². The Morgan fingerprint density at radius 2 is 1.73 bits per heavy atom. The van der Waals surface area contributed by atoms with Crippen LogP contribution in [0.4, 0.5) is 11.4 Å². The van der Waals surface area contributed by atoms with Crippen molar-refractivity contribution in [3.63, 3.8) is 0 Å². The average molecular weight is 348 g/mol. The van der Waals surface area contributed by atoms with Gasteiger partial charge in [0.05, 0.1) is 6.54 Å². The van der Waals surface area contributed by atoms with Crippen molar-refractivity contribution in [2.45, 2.75) is 0 Å². The smallest absolute Gasteiger partial charge is 0.243 e. The first-order valence-electron chi connectivity index (χ1n) is 8.58. The van der Waals surface area contributed by atoms with E-state index in [1.807, 2.05) is 42.3 Å². The van der Waals surface area contributed by atoms with Crippen molar-refractivity contribution in [3.05, 3.63) is 60.7 Å². The lowest BCUT2D eigenvalue weighted by Gasteiger charge is -2.21. The van der Waals surface area contributed by atoms with Gasteiger partial charge in [-0.2, -0.15) is 0 Å². The minimum absolute atomic E-state index is 0.0858. The van der Waals surface area contributed by atoms with Crippen LogP contribution < -0.4 is 19.7 Å². The fourth-order valence-corrected chi connectivity index (χ4v) is 3.04. The molecular formula is C21H20N2O3. The molecule has 5 nitrogen and oxygen atoms in total. The number of hydrogen-bond acceptors (Lipinski definition) is 4. The molecule has 1 aliphatic heterocycles. The van der Waals surface area contributed by atoms with Crippen LogP contribution in [0.25, 0.3) is 10.8 Å². The molecule has 0 aliphatic carbocycles. The predicted molar refractivity (Wildman–Crippen MR) is 103 cm³/mol. The van der Waals surface area contributed by atoms with Gasteiger partial charge in [-0.15, -0.1) is 0 Å². The zero-order chi connectivity index (χ0) is 17.9. The third-order valence-corrected chi connectivity index (χ3v) is 4.38. The van der Waals surface area contributed by atoms with E-state index in [2.05, 4.69) is 29.6 Å². The number of carbonyl (C=O) groups excluding carboxylic acids is 1. The van der Waals surface area contributed by atoms with Crippen molar-refractivity contribution in [1.82, 2.24) is 0 Å². The fourth-order valence-electron chi connectivity index (χ4n) is 3.04. The summed E-state index contributed by atoms with van der Waals surface area (Å²) in [5.74, 6) is 1.29. The summed E-state index contributed by atoms with van der Waals surface area (Å²) in [6.07, 6.45) is 0. The Kier molecular flexibility index (Phi) is 4.35. The molecule has 0 unspecified atom stereocenters. The first-order valence-corrected chi connectivity index (χ1v) is 8.58. The molecule has 3 aromatic carbocycles. The Balaban J connectivity index is 1.43. The maximum atomic E-state index is 12.4. The zero-order valence-electron chi connectivity index (χ0n) is 14.6. The van der Waals surface area contributed by atoms with Crippen molar-refractivity contribution >= 4 is 28.1 Å². The van der Waals surface area contributed by atoms with Crippen LogP contribution in [0.5, 0.6) is 11.5 Å². The summed E-state index contributed by atoms with van der Waals surface area (Å²) < 4.78 is 11.0.